The van der Waals surface area contributed by atoms with E-state index in [1.54, 1.807) is 0 Å². The van der Waals surface area contributed by atoms with Crippen LogP contribution in [-0.2, 0) is 10.3 Å². The van der Waals surface area contributed by atoms with Crippen molar-refractivity contribution in [1.82, 2.24) is 0 Å². The number of ether oxygens (including phenoxy) is 1. The van der Waals surface area contributed by atoms with Crippen LogP contribution in [-0.4, -0.2) is 17.8 Å². The van der Waals surface area contributed by atoms with Gasteiger partial charge in [0, 0.05) is 12.2 Å². The summed E-state index contributed by atoms with van der Waals surface area (Å²) in [5, 5.41) is 10.3. The minimum atomic E-state index is -1.34. The molecular weight excluding hydrogens is 250 g/mol. The molecule has 4 heteroatoms. The molecule has 1 heterocycles. The molecule has 0 aliphatic carbocycles. The van der Waals surface area contributed by atoms with Gasteiger partial charge in [0.1, 0.15) is 0 Å². The molecule has 0 radical (unpaired) electrons. The summed E-state index contributed by atoms with van der Waals surface area (Å²) in [6.07, 6.45) is 4.37. The molecule has 0 spiro atoms. The van der Waals surface area contributed by atoms with Gasteiger partial charge < -0.3 is 9.84 Å². The Morgan fingerprint density at radius 3 is 2.89 bits per heavy atom. The molecular formula is C15H20F2O2. The third kappa shape index (κ3) is 3.51. The Morgan fingerprint density at radius 2 is 2.21 bits per heavy atom. The van der Waals surface area contributed by atoms with Crippen LogP contribution in [0.4, 0.5) is 8.78 Å². The van der Waals surface area contributed by atoms with Crippen molar-refractivity contribution in [2.24, 2.45) is 0 Å². The van der Waals surface area contributed by atoms with Gasteiger partial charge in [-0.2, -0.15) is 0 Å². The third-order valence-electron chi connectivity index (χ3n) is 3.75. The highest BCUT2D eigenvalue weighted by Gasteiger charge is 2.28. The lowest BCUT2D eigenvalue weighted by atomic mass is 9.89. The zero-order chi connectivity index (χ0) is 13.9. The Bertz CT molecular complexity index is 426. The van der Waals surface area contributed by atoms with E-state index in [0.29, 0.717) is 6.42 Å². The van der Waals surface area contributed by atoms with E-state index in [1.807, 2.05) is 0 Å². The van der Waals surface area contributed by atoms with E-state index in [1.165, 1.54) is 19.1 Å². The van der Waals surface area contributed by atoms with Gasteiger partial charge in [0.25, 0.3) is 0 Å². The van der Waals surface area contributed by atoms with Crippen molar-refractivity contribution in [3.63, 3.8) is 0 Å². The third-order valence-corrected chi connectivity index (χ3v) is 3.75. The minimum absolute atomic E-state index is 0.0276. The van der Waals surface area contributed by atoms with Gasteiger partial charge in [-0.3, -0.25) is 0 Å². The molecule has 1 aromatic rings. The molecule has 1 aliphatic rings. The maximum absolute atomic E-state index is 13.7. The second-order valence-electron chi connectivity index (χ2n) is 5.40. The predicted molar refractivity (Wildman–Crippen MR) is 68.8 cm³/mol. The van der Waals surface area contributed by atoms with E-state index in [2.05, 4.69) is 0 Å². The zero-order valence-corrected chi connectivity index (χ0v) is 11.2. The van der Waals surface area contributed by atoms with Crippen molar-refractivity contribution in [2.75, 3.05) is 6.61 Å². The Hall–Kier alpha value is -1.00. The lowest BCUT2D eigenvalue weighted by Crippen LogP contribution is -2.23. The largest absolute Gasteiger partial charge is 0.385 e. The van der Waals surface area contributed by atoms with E-state index >= 15 is 0 Å². The smallest absolute Gasteiger partial charge is 0.164 e. The van der Waals surface area contributed by atoms with E-state index < -0.39 is 17.2 Å². The SMILES string of the molecule is CC(O)(CCCC1CCCO1)c1cccc(F)c1F. The first-order valence-corrected chi connectivity index (χ1v) is 6.79. The van der Waals surface area contributed by atoms with Gasteiger partial charge in [-0.05, 0) is 45.1 Å². The fourth-order valence-corrected chi connectivity index (χ4v) is 2.60. The first kappa shape index (κ1) is 14.4. The normalized spacial score (nSPS) is 22.4. The monoisotopic (exact) mass is 270 g/mol. The van der Waals surface area contributed by atoms with Crippen molar-refractivity contribution >= 4 is 0 Å². The van der Waals surface area contributed by atoms with E-state index in [9.17, 15) is 13.9 Å². The Balaban J connectivity index is 1.95. The second kappa shape index (κ2) is 5.97. The van der Waals surface area contributed by atoms with E-state index in [4.69, 9.17) is 4.74 Å². The molecule has 106 valence electrons. The number of rotatable bonds is 5. The van der Waals surface area contributed by atoms with Gasteiger partial charge in [0.05, 0.1) is 11.7 Å². The van der Waals surface area contributed by atoms with Crippen molar-refractivity contribution in [3.05, 3.63) is 35.4 Å². The summed E-state index contributed by atoms with van der Waals surface area (Å²) < 4.78 is 32.3. The van der Waals surface area contributed by atoms with Crippen LogP contribution in [0.1, 0.15) is 44.6 Å². The first-order chi connectivity index (χ1) is 9.00. The fraction of sp³-hybridized carbons (Fsp3) is 0.600. The molecule has 2 rings (SSSR count). The molecule has 2 unspecified atom stereocenters. The summed E-state index contributed by atoms with van der Waals surface area (Å²) in [6, 6.07) is 3.91. The number of hydrogen-bond acceptors (Lipinski definition) is 2. The van der Waals surface area contributed by atoms with Gasteiger partial charge in [-0.25, -0.2) is 8.78 Å². The summed E-state index contributed by atoms with van der Waals surface area (Å²) in [5.74, 6) is -1.87. The average molecular weight is 270 g/mol. The van der Waals surface area contributed by atoms with Crippen molar-refractivity contribution in [1.29, 1.82) is 0 Å². The molecule has 19 heavy (non-hydrogen) atoms. The number of benzene rings is 1. The van der Waals surface area contributed by atoms with Gasteiger partial charge in [-0.1, -0.05) is 12.1 Å². The van der Waals surface area contributed by atoms with Crippen LogP contribution in [0.15, 0.2) is 18.2 Å². The lowest BCUT2D eigenvalue weighted by molar-refractivity contribution is 0.0334. The summed E-state index contributed by atoms with van der Waals surface area (Å²) in [7, 11) is 0. The number of aliphatic hydroxyl groups is 1. The molecule has 0 saturated carbocycles. The minimum Gasteiger partial charge on any atom is -0.385 e. The molecule has 0 bridgehead atoms. The fourth-order valence-electron chi connectivity index (χ4n) is 2.60. The van der Waals surface area contributed by atoms with Crippen LogP contribution < -0.4 is 0 Å². The van der Waals surface area contributed by atoms with Crippen LogP contribution in [0.5, 0.6) is 0 Å². The van der Waals surface area contributed by atoms with Crippen molar-refractivity contribution in [2.45, 2.75) is 50.7 Å². The number of hydrogen-bond donors (Lipinski definition) is 1. The second-order valence-corrected chi connectivity index (χ2v) is 5.40. The van der Waals surface area contributed by atoms with Gasteiger partial charge in [0.15, 0.2) is 11.6 Å². The average Bonchev–Trinajstić information content (AvgIpc) is 2.85. The molecule has 1 aliphatic heterocycles. The first-order valence-electron chi connectivity index (χ1n) is 6.79. The van der Waals surface area contributed by atoms with Gasteiger partial charge in [0.2, 0.25) is 0 Å². The van der Waals surface area contributed by atoms with Crippen LogP contribution in [0.2, 0.25) is 0 Å². The summed E-state index contributed by atoms with van der Waals surface area (Å²) in [6.45, 7) is 2.33. The lowest BCUT2D eigenvalue weighted by Gasteiger charge is -2.25. The Labute approximate surface area is 112 Å². The molecule has 1 N–H and O–H groups in total. The molecule has 2 nitrogen and oxygen atoms in total. The molecule has 0 amide bonds. The van der Waals surface area contributed by atoms with E-state index in [0.717, 1.165) is 38.4 Å². The topological polar surface area (TPSA) is 29.5 Å². The highest BCUT2D eigenvalue weighted by molar-refractivity contribution is 5.24. The van der Waals surface area contributed by atoms with Crippen LogP contribution >= 0.6 is 0 Å². The Kier molecular flexibility index (Phi) is 4.53. The molecule has 2 atom stereocenters. The van der Waals surface area contributed by atoms with Gasteiger partial charge in [-0.15, -0.1) is 0 Å². The predicted octanol–water partition coefficient (Wildman–Crippen LogP) is 3.52. The van der Waals surface area contributed by atoms with Crippen LogP contribution in [0.3, 0.4) is 0 Å². The maximum Gasteiger partial charge on any atom is 0.164 e. The maximum atomic E-state index is 13.7. The van der Waals surface area contributed by atoms with E-state index in [-0.39, 0.29) is 11.7 Å². The van der Waals surface area contributed by atoms with Crippen molar-refractivity contribution in [3.8, 4) is 0 Å². The highest BCUT2D eigenvalue weighted by atomic mass is 19.2. The van der Waals surface area contributed by atoms with Gasteiger partial charge >= 0.3 is 0 Å². The molecule has 1 aromatic carbocycles. The van der Waals surface area contributed by atoms with Crippen LogP contribution in [0, 0.1) is 11.6 Å². The molecule has 0 aromatic heterocycles. The summed E-state index contributed by atoms with van der Waals surface area (Å²) in [5.41, 5.74) is -1.31. The summed E-state index contributed by atoms with van der Waals surface area (Å²) in [4.78, 5) is 0. The quantitative estimate of drug-likeness (QED) is 0.887. The van der Waals surface area contributed by atoms with Crippen molar-refractivity contribution < 1.29 is 18.6 Å². The number of halogens is 2. The highest BCUT2D eigenvalue weighted by Crippen LogP contribution is 2.30. The van der Waals surface area contributed by atoms with Crippen LogP contribution in [0.25, 0.3) is 0 Å². The molecule has 1 saturated heterocycles. The Morgan fingerprint density at radius 1 is 1.42 bits per heavy atom. The zero-order valence-electron chi connectivity index (χ0n) is 11.2. The summed E-state index contributed by atoms with van der Waals surface area (Å²) >= 11 is 0. The standard InChI is InChI=1S/C15H20F2O2/c1-15(18,9-3-5-11-6-4-10-19-11)12-7-2-8-13(16)14(12)17/h2,7-8,11,18H,3-6,9-10H2,1H3. The molecule has 1 fully saturated rings.